The Kier molecular flexibility index (Phi) is 9.90. The smallest absolute Gasteiger partial charge is 0.328 e. The number of anilines is 1. The van der Waals surface area contributed by atoms with E-state index in [4.69, 9.17) is 4.74 Å². The first kappa shape index (κ1) is 29.5. The number of benzene rings is 1. The highest BCUT2D eigenvalue weighted by Crippen LogP contribution is 2.29. The third-order valence-corrected chi connectivity index (χ3v) is 9.34. The van der Waals surface area contributed by atoms with Gasteiger partial charge in [-0.25, -0.2) is 9.18 Å². The van der Waals surface area contributed by atoms with Gasteiger partial charge in [-0.15, -0.1) is 0 Å². The Morgan fingerprint density at radius 3 is 2.27 bits per heavy atom. The number of carbonyl (C=O) groups excluding carboxylic acids is 4. The van der Waals surface area contributed by atoms with E-state index >= 15 is 0 Å². The molecule has 4 aliphatic rings. The van der Waals surface area contributed by atoms with Gasteiger partial charge in [0.15, 0.2) is 0 Å². The molecule has 41 heavy (non-hydrogen) atoms. The average molecular weight is 571 g/mol. The van der Waals surface area contributed by atoms with Crippen LogP contribution in [0.2, 0.25) is 0 Å². The summed E-state index contributed by atoms with van der Waals surface area (Å²) >= 11 is 0. The molecule has 0 bridgehead atoms. The number of halogens is 1. The monoisotopic (exact) mass is 570 g/mol. The zero-order valence-electron chi connectivity index (χ0n) is 24.0. The van der Waals surface area contributed by atoms with Crippen molar-refractivity contribution >= 4 is 29.4 Å². The quantitative estimate of drug-likeness (QED) is 0.469. The molecule has 0 unspecified atom stereocenters. The van der Waals surface area contributed by atoms with E-state index in [0.29, 0.717) is 43.0 Å². The van der Waals surface area contributed by atoms with Crippen LogP contribution in [-0.4, -0.2) is 79.5 Å². The molecule has 1 aromatic rings. The van der Waals surface area contributed by atoms with Crippen LogP contribution in [0.1, 0.15) is 81.0 Å². The molecule has 5 amide bonds. The third-order valence-electron chi connectivity index (χ3n) is 9.34. The highest BCUT2D eigenvalue weighted by Gasteiger charge is 2.30. The summed E-state index contributed by atoms with van der Waals surface area (Å²) in [6, 6.07) is 3.37. The van der Waals surface area contributed by atoms with Crippen molar-refractivity contribution < 1.29 is 28.3 Å². The van der Waals surface area contributed by atoms with Crippen LogP contribution in [0, 0.1) is 23.6 Å². The number of hydrogen-bond donors (Lipinski definition) is 1. The summed E-state index contributed by atoms with van der Waals surface area (Å²) in [5.74, 6) is 0.460. The Hall–Kier alpha value is -3.01. The number of nitrogens with zero attached hydrogens (tertiary/aromatic N) is 3. The molecule has 9 nitrogen and oxygen atoms in total. The highest BCUT2D eigenvalue weighted by atomic mass is 19.1. The van der Waals surface area contributed by atoms with Crippen molar-refractivity contribution in [2.24, 2.45) is 17.8 Å². The lowest BCUT2D eigenvalue weighted by molar-refractivity contribution is -0.138. The number of carbonyl (C=O) groups is 4. The average Bonchev–Trinajstić information content (AvgIpc) is 3.00. The van der Waals surface area contributed by atoms with Crippen LogP contribution < -0.4 is 10.2 Å². The van der Waals surface area contributed by atoms with E-state index in [1.54, 1.807) is 4.90 Å². The molecule has 224 valence electrons. The largest absolute Gasteiger partial charge is 0.381 e. The second kappa shape index (κ2) is 13.8. The van der Waals surface area contributed by atoms with E-state index in [1.807, 2.05) is 0 Å². The number of imide groups is 1. The van der Waals surface area contributed by atoms with Gasteiger partial charge in [0.1, 0.15) is 5.82 Å². The van der Waals surface area contributed by atoms with Crippen molar-refractivity contribution in [3.8, 4) is 0 Å². The maximum Gasteiger partial charge on any atom is 0.328 e. The molecule has 1 aliphatic carbocycles. The number of likely N-dealkylation sites (tertiary alicyclic amines) is 2. The molecule has 1 saturated carbocycles. The minimum Gasteiger partial charge on any atom is -0.381 e. The van der Waals surface area contributed by atoms with E-state index < -0.39 is 17.8 Å². The first-order valence-corrected chi connectivity index (χ1v) is 15.5. The zero-order valence-corrected chi connectivity index (χ0v) is 24.0. The molecule has 5 rings (SSSR count). The molecule has 3 aliphatic heterocycles. The fourth-order valence-corrected chi connectivity index (χ4v) is 6.68. The van der Waals surface area contributed by atoms with Gasteiger partial charge in [0.25, 0.3) is 5.91 Å². The number of rotatable bonds is 8. The standard InChI is InChI=1S/C31H43FN4O5/c32-26-7-6-25(20-27(26)36-18-12-28(37)33-31(36)40)30(39)35-16-10-23(11-17-35)21-41-19-13-22-8-14-34(15-9-22)29(38)24-4-2-1-3-5-24/h6-7,20,22-24H,1-5,8-19,21H2,(H,33,37,40). The molecule has 1 N–H and O–H groups in total. The molecule has 4 fully saturated rings. The Morgan fingerprint density at radius 1 is 0.878 bits per heavy atom. The molecule has 0 atom stereocenters. The number of hydrogen-bond acceptors (Lipinski definition) is 5. The predicted octanol–water partition coefficient (Wildman–Crippen LogP) is 4.35. The Morgan fingerprint density at radius 2 is 1.56 bits per heavy atom. The van der Waals surface area contributed by atoms with Crippen molar-refractivity contribution in [1.82, 2.24) is 15.1 Å². The van der Waals surface area contributed by atoms with Crippen LogP contribution in [0.25, 0.3) is 0 Å². The van der Waals surface area contributed by atoms with E-state index in [2.05, 4.69) is 10.2 Å². The topological polar surface area (TPSA) is 99.3 Å². The summed E-state index contributed by atoms with van der Waals surface area (Å²) in [6.45, 7) is 4.46. The summed E-state index contributed by atoms with van der Waals surface area (Å²) < 4.78 is 20.6. The Bertz CT molecular complexity index is 1110. The highest BCUT2D eigenvalue weighted by molar-refractivity contribution is 6.06. The molecular formula is C31H43FN4O5. The van der Waals surface area contributed by atoms with Crippen molar-refractivity contribution in [2.45, 2.75) is 70.6 Å². The number of nitrogens with one attached hydrogen (secondary N) is 1. The van der Waals surface area contributed by atoms with Crippen molar-refractivity contribution in [1.29, 1.82) is 0 Å². The van der Waals surface area contributed by atoms with Crippen molar-refractivity contribution in [2.75, 3.05) is 50.8 Å². The fraction of sp³-hybridized carbons (Fsp3) is 0.677. The van der Waals surface area contributed by atoms with Gasteiger partial charge in [0.05, 0.1) is 5.69 Å². The van der Waals surface area contributed by atoms with Gasteiger partial charge in [-0.2, -0.15) is 0 Å². The number of ether oxygens (including phenoxy) is 1. The SMILES string of the molecule is O=C1CCN(c2cc(C(=O)N3CCC(COCCC4CCN(C(=O)C5CCCCC5)CC4)CC3)ccc2F)C(=O)N1. The first-order valence-electron chi connectivity index (χ1n) is 15.5. The number of piperidine rings is 2. The fourth-order valence-electron chi connectivity index (χ4n) is 6.68. The van der Waals surface area contributed by atoms with Gasteiger partial charge in [-0.3, -0.25) is 24.6 Å². The van der Waals surface area contributed by atoms with E-state index in [1.165, 1.54) is 37.5 Å². The van der Waals surface area contributed by atoms with Gasteiger partial charge < -0.3 is 14.5 Å². The minimum atomic E-state index is -0.680. The van der Waals surface area contributed by atoms with E-state index in [0.717, 1.165) is 69.5 Å². The molecule has 3 saturated heterocycles. The van der Waals surface area contributed by atoms with Gasteiger partial charge in [0.2, 0.25) is 11.8 Å². The summed E-state index contributed by atoms with van der Waals surface area (Å²) in [7, 11) is 0. The van der Waals surface area contributed by atoms with Crippen LogP contribution in [0.5, 0.6) is 0 Å². The van der Waals surface area contributed by atoms with Crippen LogP contribution in [0.3, 0.4) is 0 Å². The van der Waals surface area contributed by atoms with Crippen LogP contribution >= 0.6 is 0 Å². The lowest BCUT2D eigenvalue weighted by Gasteiger charge is -2.35. The maximum absolute atomic E-state index is 14.5. The van der Waals surface area contributed by atoms with Crippen molar-refractivity contribution in [3.63, 3.8) is 0 Å². The summed E-state index contributed by atoms with van der Waals surface area (Å²) in [5, 5.41) is 2.19. The predicted molar refractivity (Wildman–Crippen MR) is 152 cm³/mol. The normalized spacial score (nSPS) is 21.7. The lowest BCUT2D eigenvalue weighted by Crippen LogP contribution is -2.50. The minimum absolute atomic E-state index is 0.00521. The van der Waals surface area contributed by atoms with Gasteiger partial charge in [-0.05, 0) is 75.0 Å². The molecule has 0 aromatic heterocycles. The lowest BCUT2D eigenvalue weighted by atomic mass is 9.87. The zero-order chi connectivity index (χ0) is 28.8. The molecule has 0 radical (unpaired) electrons. The van der Waals surface area contributed by atoms with Gasteiger partial charge in [-0.1, -0.05) is 19.3 Å². The molecular weight excluding hydrogens is 527 g/mol. The van der Waals surface area contributed by atoms with Crippen LogP contribution in [0.4, 0.5) is 14.9 Å². The van der Waals surface area contributed by atoms with E-state index in [-0.39, 0.29) is 30.5 Å². The Labute approximate surface area is 241 Å². The second-order valence-electron chi connectivity index (χ2n) is 12.1. The summed E-state index contributed by atoms with van der Waals surface area (Å²) in [6.07, 6.45) is 10.7. The second-order valence-corrected chi connectivity index (χ2v) is 12.1. The molecule has 3 heterocycles. The summed E-state index contributed by atoms with van der Waals surface area (Å²) in [5.41, 5.74) is 0.331. The maximum atomic E-state index is 14.5. The number of amides is 5. The Balaban J connectivity index is 0.997. The number of urea groups is 1. The third kappa shape index (κ3) is 7.45. The molecule has 0 spiro atoms. The molecule has 10 heteroatoms. The van der Waals surface area contributed by atoms with Gasteiger partial charge >= 0.3 is 6.03 Å². The molecule has 1 aromatic carbocycles. The van der Waals surface area contributed by atoms with Crippen LogP contribution in [-0.2, 0) is 14.3 Å². The van der Waals surface area contributed by atoms with Gasteiger partial charge in [0, 0.05) is 63.8 Å². The van der Waals surface area contributed by atoms with Crippen molar-refractivity contribution in [3.05, 3.63) is 29.6 Å². The first-order chi connectivity index (χ1) is 19.9. The van der Waals surface area contributed by atoms with Crippen LogP contribution in [0.15, 0.2) is 18.2 Å². The van der Waals surface area contributed by atoms with E-state index in [9.17, 15) is 23.6 Å². The summed E-state index contributed by atoms with van der Waals surface area (Å²) in [4.78, 5) is 54.6.